The van der Waals surface area contributed by atoms with Crippen molar-refractivity contribution >= 4 is 44.0 Å². The van der Waals surface area contributed by atoms with Gasteiger partial charge in [-0.05, 0) is 51.6 Å². The highest BCUT2D eigenvalue weighted by Gasteiger charge is 2.33. The van der Waals surface area contributed by atoms with Crippen molar-refractivity contribution in [3.8, 4) is 12.1 Å². The summed E-state index contributed by atoms with van der Waals surface area (Å²) < 4.78 is 1.91. The molecule has 4 heteroatoms. The summed E-state index contributed by atoms with van der Waals surface area (Å²) in [5.74, 6) is -0.768. The van der Waals surface area contributed by atoms with Crippen LogP contribution in [0.3, 0.4) is 0 Å². The van der Waals surface area contributed by atoms with Gasteiger partial charge in [0, 0.05) is 8.95 Å². The lowest BCUT2D eigenvalue weighted by Gasteiger charge is -2.29. The summed E-state index contributed by atoms with van der Waals surface area (Å²) in [5.41, 5.74) is 5.72. The highest BCUT2D eigenvalue weighted by Crippen LogP contribution is 2.45. The molecule has 0 saturated carbocycles. The average molecular weight is 490 g/mol. The maximum Gasteiger partial charge on any atom is 0.0980 e. The maximum atomic E-state index is 9.90. The quantitative estimate of drug-likeness (QED) is 0.363. The van der Waals surface area contributed by atoms with Crippen LogP contribution >= 0.6 is 31.9 Å². The second-order valence-electron chi connectivity index (χ2n) is 6.61. The molecule has 0 aromatic heterocycles. The van der Waals surface area contributed by atoms with Crippen LogP contribution in [0.5, 0.6) is 0 Å². The Morgan fingerprint density at radius 3 is 2.21 bits per heavy atom. The van der Waals surface area contributed by atoms with Crippen molar-refractivity contribution in [1.82, 2.24) is 0 Å². The predicted molar refractivity (Wildman–Crippen MR) is 119 cm³/mol. The summed E-state index contributed by atoms with van der Waals surface area (Å²) in [6.07, 6.45) is 4.08. The first-order valence-corrected chi connectivity index (χ1v) is 10.4. The summed E-state index contributed by atoms with van der Waals surface area (Å²) >= 11 is 7.13. The Kier molecular flexibility index (Phi) is 5.18. The molecule has 2 nitrogen and oxygen atoms in total. The van der Waals surface area contributed by atoms with Gasteiger partial charge in [-0.25, -0.2) is 0 Å². The minimum absolute atomic E-state index is 0.383. The highest BCUT2D eigenvalue weighted by atomic mass is 79.9. The Bertz CT molecular complexity index is 1180. The third-order valence-corrected chi connectivity index (χ3v) is 6.45. The van der Waals surface area contributed by atoms with Crippen LogP contribution in [0.4, 0.5) is 0 Å². The lowest BCUT2D eigenvalue weighted by Crippen LogP contribution is -2.17. The van der Waals surface area contributed by atoms with E-state index in [1.54, 1.807) is 0 Å². The zero-order chi connectivity index (χ0) is 19.7. The predicted octanol–water partition coefficient (Wildman–Crippen LogP) is 7.01. The molecule has 28 heavy (non-hydrogen) atoms. The topological polar surface area (TPSA) is 47.6 Å². The Morgan fingerprint density at radius 2 is 1.46 bits per heavy atom. The molecule has 3 aromatic carbocycles. The molecule has 0 N–H and O–H groups in total. The third kappa shape index (κ3) is 3.20. The fraction of sp³-hybridized carbons (Fsp3) is 0.0833. The van der Waals surface area contributed by atoms with E-state index in [1.807, 2.05) is 72.8 Å². The van der Waals surface area contributed by atoms with Gasteiger partial charge in [-0.1, -0.05) is 86.5 Å². The Hall–Kier alpha value is -2.66. The van der Waals surface area contributed by atoms with E-state index >= 15 is 0 Å². The molecule has 0 bridgehead atoms. The number of rotatable bonds is 2. The summed E-state index contributed by atoms with van der Waals surface area (Å²) in [7, 11) is 0. The third-order valence-electron chi connectivity index (χ3n) is 5.04. The summed E-state index contributed by atoms with van der Waals surface area (Å²) in [5, 5.41) is 19.7. The van der Waals surface area contributed by atoms with Gasteiger partial charge in [0.15, 0.2) is 0 Å². The maximum absolute atomic E-state index is 9.90. The van der Waals surface area contributed by atoms with Crippen LogP contribution in [0.2, 0.25) is 0 Å². The number of nitriles is 2. The molecule has 4 rings (SSSR count). The summed E-state index contributed by atoms with van der Waals surface area (Å²) in [4.78, 5) is 0. The van der Waals surface area contributed by atoms with Crippen LogP contribution in [0.25, 0.3) is 12.2 Å². The van der Waals surface area contributed by atoms with Gasteiger partial charge < -0.3 is 0 Å². The summed E-state index contributed by atoms with van der Waals surface area (Å²) in [6, 6.07) is 24.7. The summed E-state index contributed by atoms with van der Waals surface area (Å²) in [6.45, 7) is 0. The van der Waals surface area contributed by atoms with E-state index in [2.05, 4.69) is 44.0 Å². The molecule has 0 radical (unpaired) electrons. The Morgan fingerprint density at radius 1 is 0.714 bits per heavy atom. The molecular formula is C24H14Br2N2. The van der Waals surface area contributed by atoms with Crippen LogP contribution in [-0.4, -0.2) is 0 Å². The van der Waals surface area contributed by atoms with Gasteiger partial charge in [-0.15, -0.1) is 0 Å². The number of hydrogen-bond donors (Lipinski definition) is 0. The largest absolute Gasteiger partial charge is 0.197 e. The van der Waals surface area contributed by atoms with E-state index < -0.39 is 0 Å². The molecule has 0 heterocycles. The van der Waals surface area contributed by atoms with Crippen molar-refractivity contribution in [2.24, 2.45) is 0 Å². The van der Waals surface area contributed by atoms with Gasteiger partial charge in [-0.3, -0.25) is 0 Å². The van der Waals surface area contributed by atoms with E-state index in [0.717, 1.165) is 42.3 Å². The lowest BCUT2D eigenvalue weighted by atomic mass is 9.73. The van der Waals surface area contributed by atoms with Gasteiger partial charge in [0.25, 0.3) is 0 Å². The van der Waals surface area contributed by atoms with E-state index in [0.29, 0.717) is 0 Å². The molecule has 2 unspecified atom stereocenters. The van der Waals surface area contributed by atoms with Crippen LogP contribution in [-0.2, 0) is 0 Å². The average Bonchev–Trinajstić information content (AvgIpc) is 2.71. The van der Waals surface area contributed by atoms with E-state index in [9.17, 15) is 10.5 Å². The van der Waals surface area contributed by atoms with Crippen molar-refractivity contribution in [2.45, 2.75) is 11.8 Å². The molecule has 0 amide bonds. The fourth-order valence-corrected chi connectivity index (χ4v) is 4.74. The van der Waals surface area contributed by atoms with Gasteiger partial charge in [0.1, 0.15) is 0 Å². The first-order valence-electron chi connectivity index (χ1n) is 8.78. The van der Waals surface area contributed by atoms with Crippen LogP contribution in [0, 0.1) is 22.7 Å². The number of nitrogens with zero attached hydrogens (tertiary/aromatic N) is 2. The van der Waals surface area contributed by atoms with Crippen molar-refractivity contribution in [2.75, 3.05) is 0 Å². The minimum Gasteiger partial charge on any atom is -0.197 e. The van der Waals surface area contributed by atoms with Gasteiger partial charge in [0.2, 0.25) is 0 Å². The lowest BCUT2D eigenvalue weighted by molar-refractivity contribution is 0.866. The SMILES string of the molecule is N#CC1c2cc(C=Cc3ccccc3Br)ccc2C(C#N)c2c(Br)cccc21. The highest BCUT2D eigenvalue weighted by molar-refractivity contribution is 9.10. The van der Waals surface area contributed by atoms with Crippen molar-refractivity contribution in [3.63, 3.8) is 0 Å². The van der Waals surface area contributed by atoms with Crippen molar-refractivity contribution < 1.29 is 0 Å². The minimum atomic E-state index is -0.385. The van der Waals surface area contributed by atoms with Gasteiger partial charge >= 0.3 is 0 Å². The monoisotopic (exact) mass is 488 g/mol. The second-order valence-corrected chi connectivity index (χ2v) is 8.32. The fourth-order valence-electron chi connectivity index (χ4n) is 3.71. The number of fused-ring (bicyclic) bond motifs is 2. The zero-order valence-electron chi connectivity index (χ0n) is 14.7. The molecule has 0 saturated heterocycles. The molecule has 2 atom stereocenters. The second kappa shape index (κ2) is 7.76. The number of hydrogen-bond acceptors (Lipinski definition) is 2. The number of benzene rings is 3. The molecule has 134 valence electrons. The van der Waals surface area contributed by atoms with Crippen LogP contribution in [0.15, 0.2) is 69.6 Å². The van der Waals surface area contributed by atoms with Crippen molar-refractivity contribution in [3.05, 3.63) is 103 Å². The van der Waals surface area contributed by atoms with Gasteiger partial charge in [0.05, 0.1) is 24.0 Å². The van der Waals surface area contributed by atoms with E-state index in [1.165, 1.54) is 0 Å². The number of halogens is 2. The molecule has 0 aliphatic heterocycles. The molecule has 1 aliphatic carbocycles. The Balaban J connectivity index is 1.82. The first-order chi connectivity index (χ1) is 13.6. The smallest absolute Gasteiger partial charge is 0.0980 e. The molecule has 3 aromatic rings. The normalized spacial score (nSPS) is 17.4. The van der Waals surface area contributed by atoms with Crippen LogP contribution in [0.1, 0.15) is 45.2 Å². The molecular weight excluding hydrogens is 476 g/mol. The molecule has 0 fully saturated rings. The van der Waals surface area contributed by atoms with Gasteiger partial charge in [-0.2, -0.15) is 10.5 Å². The van der Waals surface area contributed by atoms with Crippen molar-refractivity contribution in [1.29, 1.82) is 10.5 Å². The van der Waals surface area contributed by atoms with E-state index in [-0.39, 0.29) is 11.8 Å². The Labute approximate surface area is 181 Å². The standard InChI is InChI=1S/C24H14Br2N2/c25-22-6-2-1-4-16(22)10-8-15-9-11-17-19(12-15)20(13-27)18-5-3-7-23(26)24(18)21(17)14-28/h1-12,20-21H. The zero-order valence-corrected chi connectivity index (χ0v) is 17.9. The molecule has 1 aliphatic rings. The first kappa shape index (κ1) is 18.7. The van der Waals surface area contributed by atoms with Crippen LogP contribution < -0.4 is 0 Å². The molecule has 0 spiro atoms. The van der Waals surface area contributed by atoms with E-state index in [4.69, 9.17) is 0 Å².